The van der Waals surface area contributed by atoms with Gasteiger partial charge in [0, 0.05) is 19.3 Å². The van der Waals surface area contributed by atoms with Crippen molar-refractivity contribution in [3.63, 3.8) is 0 Å². The van der Waals surface area contributed by atoms with Crippen molar-refractivity contribution in [3.8, 4) is 0 Å². The van der Waals surface area contributed by atoms with E-state index in [0.717, 1.165) is 19.6 Å². The van der Waals surface area contributed by atoms with Gasteiger partial charge in [-0.1, -0.05) is 24.3 Å². The molecule has 0 spiro atoms. The lowest BCUT2D eigenvalue weighted by atomic mass is 9.92. The molecule has 2 unspecified atom stereocenters. The Morgan fingerprint density at radius 3 is 2.93 bits per heavy atom. The monoisotopic (exact) mass is 205 g/mol. The summed E-state index contributed by atoms with van der Waals surface area (Å²) in [6.45, 7) is 3.92. The van der Waals surface area contributed by atoms with Gasteiger partial charge in [0.15, 0.2) is 0 Å². The zero-order valence-electron chi connectivity index (χ0n) is 9.28. The molecule has 2 rings (SSSR count). The molecule has 1 aromatic rings. The minimum atomic E-state index is 0.165. The van der Waals surface area contributed by atoms with E-state index < -0.39 is 0 Å². The molecule has 15 heavy (non-hydrogen) atoms. The van der Waals surface area contributed by atoms with E-state index in [1.165, 1.54) is 17.5 Å². The Balaban J connectivity index is 2.00. The standard InChI is InChI=1S/C13H19NO/c1-10-4-2-3-5-12(10)13(14)8-11-6-7-15-9-11/h2-5,11,13H,6-9,14H2,1H3. The molecule has 2 heteroatoms. The third-order valence-electron chi connectivity index (χ3n) is 3.20. The fourth-order valence-electron chi connectivity index (χ4n) is 2.26. The summed E-state index contributed by atoms with van der Waals surface area (Å²) in [7, 11) is 0. The Kier molecular flexibility index (Phi) is 3.39. The predicted octanol–water partition coefficient (Wildman–Crippen LogP) is 2.42. The molecule has 2 nitrogen and oxygen atoms in total. The SMILES string of the molecule is Cc1ccccc1C(N)CC1CCOC1. The molecular formula is C13H19NO. The number of ether oxygens (including phenoxy) is 1. The maximum Gasteiger partial charge on any atom is 0.0495 e. The Morgan fingerprint density at radius 1 is 1.47 bits per heavy atom. The average molecular weight is 205 g/mol. The molecule has 1 fully saturated rings. The first-order valence-electron chi connectivity index (χ1n) is 5.66. The van der Waals surface area contributed by atoms with Gasteiger partial charge in [0.05, 0.1) is 0 Å². The first kappa shape index (κ1) is 10.7. The number of benzene rings is 1. The minimum Gasteiger partial charge on any atom is -0.381 e. The van der Waals surface area contributed by atoms with Crippen LogP contribution < -0.4 is 5.73 Å². The van der Waals surface area contributed by atoms with Crippen LogP contribution in [0.25, 0.3) is 0 Å². The Labute approximate surface area is 91.4 Å². The van der Waals surface area contributed by atoms with E-state index in [9.17, 15) is 0 Å². The predicted molar refractivity (Wildman–Crippen MR) is 61.7 cm³/mol. The third-order valence-corrected chi connectivity index (χ3v) is 3.20. The van der Waals surface area contributed by atoms with E-state index in [-0.39, 0.29) is 6.04 Å². The van der Waals surface area contributed by atoms with Gasteiger partial charge in [-0.3, -0.25) is 0 Å². The molecule has 1 aliphatic heterocycles. The fourth-order valence-corrected chi connectivity index (χ4v) is 2.26. The molecule has 1 aliphatic rings. The molecule has 0 aromatic heterocycles. The second-order valence-electron chi connectivity index (χ2n) is 4.43. The summed E-state index contributed by atoms with van der Waals surface area (Å²) >= 11 is 0. The first-order chi connectivity index (χ1) is 7.27. The van der Waals surface area contributed by atoms with Crippen molar-refractivity contribution in [1.29, 1.82) is 0 Å². The summed E-state index contributed by atoms with van der Waals surface area (Å²) in [6.07, 6.45) is 2.21. The first-order valence-corrected chi connectivity index (χ1v) is 5.66. The maximum absolute atomic E-state index is 6.22. The molecule has 82 valence electrons. The van der Waals surface area contributed by atoms with E-state index in [4.69, 9.17) is 10.5 Å². The zero-order valence-corrected chi connectivity index (χ0v) is 9.28. The zero-order chi connectivity index (χ0) is 10.7. The third kappa shape index (κ3) is 2.58. The number of hydrogen-bond acceptors (Lipinski definition) is 2. The normalized spacial score (nSPS) is 22.9. The molecule has 0 aliphatic carbocycles. The second-order valence-corrected chi connectivity index (χ2v) is 4.43. The van der Waals surface area contributed by atoms with Crippen LogP contribution in [0.3, 0.4) is 0 Å². The van der Waals surface area contributed by atoms with Crippen LogP contribution in [0.1, 0.15) is 30.0 Å². The van der Waals surface area contributed by atoms with Gasteiger partial charge in [-0.2, -0.15) is 0 Å². The molecule has 2 atom stereocenters. The highest BCUT2D eigenvalue weighted by atomic mass is 16.5. The van der Waals surface area contributed by atoms with Gasteiger partial charge in [-0.05, 0) is 36.8 Å². The van der Waals surface area contributed by atoms with Crippen molar-refractivity contribution in [3.05, 3.63) is 35.4 Å². The lowest BCUT2D eigenvalue weighted by Crippen LogP contribution is -2.16. The largest absolute Gasteiger partial charge is 0.381 e. The summed E-state index contributed by atoms with van der Waals surface area (Å²) in [5.41, 5.74) is 8.80. The van der Waals surface area contributed by atoms with Crippen LogP contribution in [0.2, 0.25) is 0 Å². The van der Waals surface area contributed by atoms with E-state index in [1.54, 1.807) is 0 Å². The summed E-state index contributed by atoms with van der Waals surface area (Å²) in [6, 6.07) is 8.55. The topological polar surface area (TPSA) is 35.2 Å². The second kappa shape index (κ2) is 4.77. The maximum atomic E-state index is 6.22. The van der Waals surface area contributed by atoms with Gasteiger partial charge in [0.25, 0.3) is 0 Å². The molecule has 1 aromatic carbocycles. The molecule has 1 saturated heterocycles. The van der Waals surface area contributed by atoms with Crippen molar-refractivity contribution in [2.45, 2.75) is 25.8 Å². The van der Waals surface area contributed by atoms with Crippen LogP contribution in [0.5, 0.6) is 0 Å². The highest BCUT2D eigenvalue weighted by Gasteiger charge is 2.20. The van der Waals surface area contributed by atoms with Crippen LogP contribution in [0, 0.1) is 12.8 Å². The van der Waals surface area contributed by atoms with Gasteiger partial charge in [0.1, 0.15) is 0 Å². The molecule has 1 heterocycles. The van der Waals surface area contributed by atoms with Crippen molar-refractivity contribution >= 4 is 0 Å². The number of hydrogen-bond donors (Lipinski definition) is 1. The van der Waals surface area contributed by atoms with Gasteiger partial charge < -0.3 is 10.5 Å². The molecule has 0 bridgehead atoms. The summed E-state index contributed by atoms with van der Waals surface area (Å²) in [4.78, 5) is 0. The molecule has 2 N–H and O–H groups in total. The molecule has 0 saturated carbocycles. The number of aryl methyl sites for hydroxylation is 1. The fraction of sp³-hybridized carbons (Fsp3) is 0.538. The Morgan fingerprint density at radius 2 is 2.27 bits per heavy atom. The Bertz CT molecular complexity index is 318. The van der Waals surface area contributed by atoms with Crippen molar-refractivity contribution in [2.75, 3.05) is 13.2 Å². The van der Waals surface area contributed by atoms with Gasteiger partial charge in [-0.15, -0.1) is 0 Å². The molecule has 0 amide bonds. The van der Waals surface area contributed by atoms with E-state index >= 15 is 0 Å². The van der Waals surface area contributed by atoms with Crippen molar-refractivity contribution < 1.29 is 4.74 Å². The lowest BCUT2D eigenvalue weighted by Gasteiger charge is -2.17. The van der Waals surface area contributed by atoms with Crippen molar-refractivity contribution in [1.82, 2.24) is 0 Å². The van der Waals surface area contributed by atoms with E-state index in [2.05, 4.69) is 31.2 Å². The lowest BCUT2D eigenvalue weighted by molar-refractivity contribution is 0.182. The van der Waals surface area contributed by atoms with Crippen LogP contribution in [-0.2, 0) is 4.74 Å². The summed E-state index contributed by atoms with van der Waals surface area (Å²) < 4.78 is 5.37. The highest BCUT2D eigenvalue weighted by molar-refractivity contribution is 5.28. The van der Waals surface area contributed by atoms with Crippen LogP contribution >= 0.6 is 0 Å². The highest BCUT2D eigenvalue weighted by Crippen LogP contribution is 2.26. The average Bonchev–Trinajstić information content (AvgIpc) is 2.71. The van der Waals surface area contributed by atoms with Gasteiger partial charge in [0.2, 0.25) is 0 Å². The van der Waals surface area contributed by atoms with Gasteiger partial charge >= 0.3 is 0 Å². The van der Waals surface area contributed by atoms with Crippen LogP contribution in [-0.4, -0.2) is 13.2 Å². The summed E-state index contributed by atoms with van der Waals surface area (Å²) in [5, 5.41) is 0. The number of nitrogens with two attached hydrogens (primary N) is 1. The van der Waals surface area contributed by atoms with E-state index in [1.807, 2.05) is 0 Å². The number of rotatable bonds is 3. The Hall–Kier alpha value is -0.860. The summed E-state index contributed by atoms with van der Waals surface area (Å²) in [5.74, 6) is 0.652. The van der Waals surface area contributed by atoms with Gasteiger partial charge in [-0.25, -0.2) is 0 Å². The van der Waals surface area contributed by atoms with Crippen molar-refractivity contribution in [2.24, 2.45) is 11.7 Å². The van der Waals surface area contributed by atoms with E-state index in [0.29, 0.717) is 5.92 Å². The molecule has 0 radical (unpaired) electrons. The smallest absolute Gasteiger partial charge is 0.0495 e. The van der Waals surface area contributed by atoms with Crippen LogP contribution in [0.4, 0.5) is 0 Å². The minimum absolute atomic E-state index is 0.165. The quantitative estimate of drug-likeness (QED) is 0.822. The van der Waals surface area contributed by atoms with Crippen LogP contribution in [0.15, 0.2) is 24.3 Å². The molecular weight excluding hydrogens is 186 g/mol.